The standard InChI is InChI=1S/C13H17FN2O5/c1-3-15-13(2,12(17)18)6-7-21-11-5-4-9(14)8-10(11)16(19)20/h4-5,8,15H,3,6-7H2,1-2H3,(H,17,18). The van der Waals surface area contributed by atoms with Gasteiger partial charge in [0.1, 0.15) is 11.4 Å². The molecule has 0 aliphatic carbocycles. The van der Waals surface area contributed by atoms with Crippen LogP contribution in [0.1, 0.15) is 20.3 Å². The number of nitro benzene ring substituents is 1. The number of nitrogens with zero attached hydrogens (tertiary/aromatic N) is 1. The summed E-state index contributed by atoms with van der Waals surface area (Å²) in [7, 11) is 0. The van der Waals surface area contributed by atoms with Gasteiger partial charge in [0, 0.05) is 6.42 Å². The van der Waals surface area contributed by atoms with Gasteiger partial charge in [0.05, 0.1) is 17.6 Å². The fourth-order valence-electron chi connectivity index (χ4n) is 1.78. The molecule has 1 rings (SSSR count). The minimum atomic E-state index is -1.19. The highest BCUT2D eigenvalue weighted by atomic mass is 19.1. The van der Waals surface area contributed by atoms with E-state index in [9.17, 15) is 19.3 Å². The summed E-state index contributed by atoms with van der Waals surface area (Å²) in [5.74, 6) is -1.87. The topological polar surface area (TPSA) is 102 Å². The molecule has 1 aromatic rings. The molecule has 0 bridgehead atoms. The molecule has 0 saturated heterocycles. The lowest BCUT2D eigenvalue weighted by atomic mass is 9.98. The van der Waals surface area contributed by atoms with Crippen LogP contribution in [0.3, 0.4) is 0 Å². The zero-order valence-electron chi connectivity index (χ0n) is 11.8. The van der Waals surface area contributed by atoms with Gasteiger partial charge < -0.3 is 15.2 Å². The predicted molar refractivity (Wildman–Crippen MR) is 72.9 cm³/mol. The highest BCUT2D eigenvalue weighted by Gasteiger charge is 2.32. The summed E-state index contributed by atoms with van der Waals surface area (Å²) in [5, 5.41) is 22.8. The summed E-state index contributed by atoms with van der Waals surface area (Å²) < 4.78 is 18.2. The Balaban J connectivity index is 2.76. The quantitative estimate of drug-likeness (QED) is 0.562. The number of hydrogen-bond donors (Lipinski definition) is 2. The second-order valence-corrected chi connectivity index (χ2v) is 4.64. The molecule has 0 aliphatic rings. The lowest BCUT2D eigenvalue weighted by Crippen LogP contribution is -2.50. The number of rotatable bonds is 8. The number of nitrogens with one attached hydrogen (secondary N) is 1. The first-order valence-corrected chi connectivity index (χ1v) is 6.35. The number of hydrogen-bond acceptors (Lipinski definition) is 5. The van der Waals surface area contributed by atoms with Crippen molar-refractivity contribution in [2.24, 2.45) is 0 Å². The molecule has 2 N–H and O–H groups in total. The Morgan fingerprint density at radius 2 is 2.24 bits per heavy atom. The number of aliphatic carboxylic acids is 1. The minimum absolute atomic E-state index is 0.0533. The van der Waals surface area contributed by atoms with E-state index in [4.69, 9.17) is 9.84 Å². The smallest absolute Gasteiger partial charge is 0.323 e. The van der Waals surface area contributed by atoms with E-state index >= 15 is 0 Å². The first kappa shape index (κ1) is 16.8. The summed E-state index contributed by atoms with van der Waals surface area (Å²) in [6.07, 6.45) is 0.102. The van der Waals surface area contributed by atoms with E-state index in [0.29, 0.717) is 6.54 Å². The van der Waals surface area contributed by atoms with E-state index in [1.807, 2.05) is 0 Å². The van der Waals surface area contributed by atoms with Gasteiger partial charge >= 0.3 is 11.7 Å². The Morgan fingerprint density at radius 3 is 2.76 bits per heavy atom. The Kier molecular flexibility index (Phi) is 5.60. The molecule has 0 aromatic heterocycles. The number of benzene rings is 1. The molecule has 0 spiro atoms. The van der Waals surface area contributed by atoms with Crippen LogP contribution in [-0.4, -0.2) is 34.7 Å². The second-order valence-electron chi connectivity index (χ2n) is 4.64. The van der Waals surface area contributed by atoms with Crippen molar-refractivity contribution >= 4 is 11.7 Å². The van der Waals surface area contributed by atoms with Crippen molar-refractivity contribution in [2.45, 2.75) is 25.8 Å². The van der Waals surface area contributed by atoms with Crippen molar-refractivity contribution in [3.8, 4) is 5.75 Å². The number of likely N-dealkylation sites (N-methyl/N-ethyl adjacent to an activating group) is 1. The highest BCUT2D eigenvalue weighted by Crippen LogP contribution is 2.27. The molecule has 8 heteroatoms. The molecule has 0 saturated carbocycles. The van der Waals surface area contributed by atoms with Crippen LogP contribution >= 0.6 is 0 Å². The van der Waals surface area contributed by atoms with Gasteiger partial charge in [-0.2, -0.15) is 0 Å². The Bertz CT molecular complexity index is 537. The maximum atomic E-state index is 13.0. The van der Waals surface area contributed by atoms with Crippen LogP contribution in [0.25, 0.3) is 0 Å². The normalized spacial score (nSPS) is 13.5. The van der Waals surface area contributed by atoms with Gasteiger partial charge in [-0.3, -0.25) is 14.9 Å². The summed E-state index contributed by atoms with van der Waals surface area (Å²) in [6.45, 7) is 3.68. The third kappa shape index (κ3) is 4.38. The summed E-state index contributed by atoms with van der Waals surface area (Å²) in [6, 6.07) is 2.96. The molecular formula is C13H17FN2O5. The van der Waals surface area contributed by atoms with Gasteiger partial charge in [-0.05, 0) is 25.6 Å². The van der Waals surface area contributed by atoms with Crippen molar-refractivity contribution in [3.05, 3.63) is 34.1 Å². The zero-order valence-corrected chi connectivity index (χ0v) is 11.8. The number of carbonyl (C=O) groups is 1. The van der Waals surface area contributed by atoms with Gasteiger partial charge in [0.15, 0.2) is 5.75 Å². The van der Waals surface area contributed by atoms with Crippen LogP contribution in [0.4, 0.5) is 10.1 Å². The highest BCUT2D eigenvalue weighted by molar-refractivity contribution is 5.78. The van der Waals surface area contributed by atoms with Gasteiger partial charge in [0.2, 0.25) is 0 Å². The molecule has 1 atom stereocenters. The molecular weight excluding hydrogens is 283 g/mol. The molecule has 0 heterocycles. The van der Waals surface area contributed by atoms with Crippen molar-refractivity contribution < 1.29 is 24.0 Å². The number of carboxylic acids is 1. The van der Waals surface area contributed by atoms with Crippen LogP contribution < -0.4 is 10.1 Å². The molecule has 0 fully saturated rings. The van der Waals surface area contributed by atoms with E-state index < -0.39 is 27.9 Å². The monoisotopic (exact) mass is 300 g/mol. The summed E-state index contributed by atoms with van der Waals surface area (Å²) in [5.41, 5.74) is -1.68. The average molecular weight is 300 g/mol. The van der Waals surface area contributed by atoms with Gasteiger partial charge in [-0.15, -0.1) is 0 Å². The minimum Gasteiger partial charge on any atom is -0.487 e. The van der Waals surface area contributed by atoms with Crippen LogP contribution in [0.5, 0.6) is 5.75 Å². The van der Waals surface area contributed by atoms with Gasteiger partial charge in [-0.1, -0.05) is 6.92 Å². The molecule has 7 nitrogen and oxygen atoms in total. The average Bonchev–Trinajstić information content (AvgIpc) is 2.40. The lowest BCUT2D eigenvalue weighted by Gasteiger charge is -2.25. The Morgan fingerprint density at radius 1 is 1.57 bits per heavy atom. The maximum absolute atomic E-state index is 13.0. The van der Waals surface area contributed by atoms with Crippen molar-refractivity contribution in [1.82, 2.24) is 5.32 Å². The number of halogens is 1. The first-order valence-electron chi connectivity index (χ1n) is 6.35. The SMILES string of the molecule is CCNC(C)(CCOc1ccc(F)cc1[N+](=O)[O-])C(=O)O. The van der Waals surface area contributed by atoms with E-state index in [0.717, 1.165) is 18.2 Å². The third-order valence-electron chi connectivity index (χ3n) is 3.02. The van der Waals surface area contributed by atoms with E-state index in [1.165, 1.54) is 6.92 Å². The largest absolute Gasteiger partial charge is 0.487 e. The fraction of sp³-hybridized carbons (Fsp3) is 0.462. The molecule has 0 radical (unpaired) electrons. The van der Waals surface area contributed by atoms with Gasteiger partial charge in [-0.25, -0.2) is 4.39 Å². The summed E-state index contributed by atoms with van der Waals surface area (Å²) in [4.78, 5) is 21.2. The molecule has 21 heavy (non-hydrogen) atoms. The van der Waals surface area contributed by atoms with Crippen LogP contribution in [0, 0.1) is 15.9 Å². The van der Waals surface area contributed by atoms with E-state index in [-0.39, 0.29) is 18.8 Å². The van der Waals surface area contributed by atoms with Crippen LogP contribution in [0.15, 0.2) is 18.2 Å². The second kappa shape index (κ2) is 6.98. The number of carboxylic acid groups (broad SMARTS) is 1. The Hall–Kier alpha value is -2.22. The molecule has 1 unspecified atom stereocenters. The maximum Gasteiger partial charge on any atom is 0.323 e. The predicted octanol–water partition coefficient (Wildman–Crippen LogP) is 1.96. The number of ether oxygens (including phenoxy) is 1. The van der Waals surface area contributed by atoms with E-state index in [1.54, 1.807) is 6.92 Å². The molecule has 0 aliphatic heterocycles. The third-order valence-corrected chi connectivity index (χ3v) is 3.02. The number of nitro groups is 1. The van der Waals surface area contributed by atoms with Crippen LogP contribution in [-0.2, 0) is 4.79 Å². The molecule has 1 aromatic carbocycles. The fourth-order valence-corrected chi connectivity index (χ4v) is 1.78. The molecule has 0 amide bonds. The first-order chi connectivity index (χ1) is 9.80. The Labute approximate surface area is 120 Å². The van der Waals surface area contributed by atoms with Crippen molar-refractivity contribution in [1.29, 1.82) is 0 Å². The van der Waals surface area contributed by atoms with Crippen molar-refractivity contribution in [2.75, 3.05) is 13.2 Å². The van der Waals surface area contributed by atoms with Crippen LogP contribution in [0.2, 0.25) is 0 Å². The molecule has 116 valence electrons. The summed E-state index contributed by atoms with van der Waals surface area (Å²) >= 11 is 0. The van der Waals surface area contributed by atoms with Gasteiger partial charge in [0.25, 0.3) is 0 Å². The van der Waals surface area contributed by atoms with Crippen molar-refractivity contribution in [3.63, 3.8) is 0 Å². The van der Waals surface area contributed by atoms with E-state index in [2.05, 4.69) is 5.32 Å². The lowest BCUT2D eigenvalue weighted by molar-refractivity contribution is -0.386. The zero-order chi connectivity index (χ0) is 16.0.